The molecule has 2 amide bonds. The molecule has 1 heterocycles. The second kappa shape index (κ2) is 10.8. The van der Waals surface area contributed by atoms with Gasteiger partial charge >= 0.3 is 11.8 Å². The van der Waals surface area contributed by atoms with Gasteiger partial charge in [-0.05, 0) is 32.9 Å². The Hall–Kier alpha value is -2.12. The Morgan fingerprint density at radius 2 is 1.85 bits per heavy atom. The summed E-state index contributed by atoms with van der Waals surface area (Å²) in [6, 6.07) is 7.48. The zero-order valence-electron chi connectivity index (χ0n) is 15.6. The number of carbonyl (C=O) groups is 2. The van der Waals surface area contributed by atoms with Crippen LogP contribution in [0.15, 0.2) is 24.3 Å². The van der Waals surface area contributed by atoms with E-state index in [0.29, 0.717) is 12.3 Å². The van der Waals surface area contributed by atoms with Crippen molar-refractivity contribution in [3.8, 4) is 5.75 Å². The molecule has 0 aliphatic carbocycles. The molecule has 2 rings (SSSR count). The minimum Gasteiger partial charge on any atom is -0.491 e. The van der Waals surface area contributed by atoms with Crippen LogP contribution in [0.2, 0.25) is 0 Å². The third-order valence-electron chi connectivity index (χ3n) is 4.02. The summed E-state index contributed by atoms with van der Waals surface area (Å²) >= 11 is 0. The largest absolute Gasteiger partial charge is 0.491 e. The van der Waals surface area contributed by atoms with E-state index < -0.39 is 11.8 Å². The minimum atomic E-state index is -0.629. The maximum absolute atomic E-state index is 12.0. The fraction of sp³-hybridized carbons (Fsp3) is 0.579. The number of nitrogens with one attached hydrogen (secondary N) is 2. The predicted octanol–water partition coefficient (Wildman–Crippen LogP) is 0.929. The predicted molar refractivity (Wildman–Crippen MR) is 98.9 cm³/mol. The van der Waals surface area contributed by atoms with Crippen molar-refractivity contribution in [2.75, 3.05) is 39.4 Å². The molecule has 2 N–H and O–H groups in total. The second-order valence-corrected chi connectivity index (χ2v) is 6.52. The quantitative estimate of drug-likeness (QED) is 0.531. The van der Waals surface area contributed by atoms with Crippen LogP contribution >= 0.6 is 0 Å². The van der Waals surface area contributed by atoms with Gasteiger partial charge in [0.05, 0.1) is 19.3 Å². The number of benzene rings is 1. The van der Waals surface area contributed by atoms with Crippen LogP contribution in [0, 0.1) is 0 Å². The normalized spacial score (nSPS) is 14.9. The molecular formula is C19H29N3O4. The summed E-state index contributed by atoms with van der Waals surface area (Å²) in [7, 11) is 0. The van der Waals surface area contributed by atoms with E-state index >= 15 is 0 Å². The molecule has 1 aromatic rings. The highest BCUT2D eigenvalue weighted by molar-refractivity contribution is 6.35. The number of para-hydroxylation sites is 1. The van der Waals surface area contributed by atoms with E-state index in [1.165, 1.54) is 0 Å². The van der Waals surface area contributed by atoms with Gasteiger partial charge in [0.1, 0.15) is 5.75 Å². The van der Waals surface area contributed by atoms with Crippen LogP contribution < -0.4 is 15.4 Å². The number of rotatable bonds is 8. The third-order valence-corrected chi connectivity index (χ3v) is 4.02. The smallest absolute Gasteiger partial charge is 0.309 e. The van der Waals surface area contributed by atoms with Gasteiger partial charge < -0.3 is 20.1 Å². The van der Waals surface area contributed by atoms with E-state index in [2.05, 4.69) is 15.5 Å². The number of amides is 2. The summed E-state index contributed by atoms with van der Waals surface area (Å²) in [6.07, 6.45) is 0.853. The van der Waals surface area contributed by atoms with Crippen LogP contribution in [0.25, 0.3) is 0 Å². The minimum absolute atomic E-state index is 0.0432. The third kappa shape index (κ3) is 7.01. The zero-order valence-corrected chi connectivity index (χ0v) is 15.6. The molecule has 1 aromatic carbocycles. The summed E-state index contributed by atoms with van der Waals surface area (Å²) in [6.45, 7) is 8.89. The highest BCUT2D eigenvalue weighted by atomic mass is 16.5. The maximum atomic E-state index is 12.0. The molecule has 1 fully saturated rings. The summed E-state index contributed by atoms with van der Waals surface area (Å²) < 4.78 is 11.0. The molecular weight excluding hydrogens is 334 g/mol. The van der Waals surface area contributed by atoms with E-state index in [1.807, 2.05) is 38.1 Å². The van der Waals surface area contributed by atoms with Crippen molar-refractivity contribution in [2.24, 2.45) is 0 Å². The Morgan fingerprint density at radius 1 is 1.15 bits per heavy atom. The average Bonchev–Trinajstić information content (AvgIpc) is 2.64. The van der Waals surface area contributed by atoms with Crippen molar-refractivity contribution in [3.63, 3.8) is 0 Å². The molecule has 1 aliphatic heterocycles. The topological polar surface area (TPSA) is 79.9 Å². The molecule has 0 spiro atoms. The van der Waals surface area contributed by atoms with Gasteiger partial charge in [-0.25, -0.2) is 0 Å². The number of carbonyl (C=O) groups excluding carboxylic acids is 2. The first kappa shape index (κ1) is 20.2. The van der Waals surface area contributed by atoms with Crippen LogP contribution in [-0.2, 0) is 20.9 Å². The Balaban J connectivity index is 1.68. The van der Waals surface area contributed by atoms with E-state index in [-0.39, 0.29) is 12.6 Å². The fourth-order valence-electron chi connectivity index (χ4n) is 2.68. The lowest BCUT2D eigenvalue weighted by atomic mass is 10.2. The molecule has 0 unspecified atom stereocenters. The van der Waals surface area contributed by atoms with Gasteiger partial charge in [0.2, 0.25) is 0 Å². The molecule has 7 nitrogen and oxygen atoms in total. The van der Waals surface area contributed by atoms with Crippen molar-refractivity contribution in [1.29, 1.82) is 0 Å². The van der Waals surface area contributed by atoms with Crippen LogP contribution in [0.3, 0.4) is 0 Å². The van der Waals surface area contributed by atoms with Gasteiger partial charge in [-0.1, -0.05) is 18.2 Å². The Morgan fingerprint density at radius 3 is 2.58 bits per heavy atom. The second-order valence-electron chi connectivity index (χ2n) is 6.52. The van der Waals surface area contributed by atoms with Gasteiger partial charge in [0, 0.05) is 31.7 Å². The summed E-state index contributed by atoms with van der Waals surface area (Å²) in [5.41, 5.74) is 0.842. The lowest BCUT2D eigenvalue weighted by Crippen LogP contribution is -2.41. The SMILES string of the molecule is CC(C)Oc1ccccc1CNC(=O)C(=O)NCCCN1CCOCC1. The van der Waals surface area contributed by atoms with E-state index in [4.69, 9.17) is 9.47 Å². The van der Waals surface area contributed by atoms with Crippen molar-refractivity contribution in [3.05, 3.63) is 29.8 Å². The highest BCUT2D eigenvalue weighted by Crippen LogP contribution is 2.18. The summed E-state index contributed by atoms with van der Waals surface area (Å²) in [4.78, 5) is 26.1. The number of hydrogen-bond acceptors (Lipinski definition) is 5. The molecule has 26 heavy (non-hydrogen) atoms. The number of nitrogens with zero attached hydrogens (tertiary/aromatic N) is 1. The van der Waals surface area contributed by atoms with Crippen molar-refractivity contribution in [1.82, 2.24) is 15.5 Å². The van der Waals surface area contributed by atoms with Crippen LogP contribution in [0.1, 0.15) is 25.8 Å². The molecule has 1 saturated heterocycles. The molecule has 144 valence electrons. The molecule has 1 aliphatic rings. The first-order chi connectivity index (χ1) is 12.6. The molecule has 0 saturated carbocycles. The van der Waals surface area contributed by atoms with Crippen LogP contribution in [0.4, 0.5) is 0 Å². The van der Waals surface area contributed by atoms with Crippen LogP contribution in [0.5, 0.6) is 5.75 Å². The number of ether oxygens (including phenoxy) is 2. The first-order valence-electron chi connectivity index (χ1n) is 9.17. The molecule has 0 radical (unpaired) electrons. The van der Waals surface area contributed by atoms with Gasteiger partial charge in [-0.2, -0.15) is 0 Å². The molecule has 0 bridgehead atoms. The van der Waals surface area contributed by atoms with Crippen molar-refractivity contribution in [2.45, 2.75) is 32.9 Å². The fourth-order valence-corrected chi connectivity index (χ4v) is 2.68. The van der Waals surface area contributed by atoms with Crippen LogP contribution in [-0.4, -0.2) is 62.2 Å². The first-order valence-corrected chi connectivity index (χ1v) is 9.17. The average molecular weight is 363 g/mol. The zero-order chi connectivity index (χ0) is 18.8. The van der Waals surface area contributed by atoms with Crippen molar-refractivity contribution < 1.29 is 19.1 Å². The Labute approximate surface area is 155 Å². The lowest BCUT2D eigenvalue weighted by Gasteiger charge is -2.26. The Bertz CT molecular complexity index is 586. The van der Waals surface area contributed by atoms with Gasteiger partial charge in [0.15, 0.2) is 0 Å². The highest BCUT2D eigenvalue weighted by Gasteiger charge is 2.14. The molecule has 7 heteroatoms. The van der Waals surface area contributed by atoms with Crippen molar-refractivity contribution >= 4 is 11.8 Å². The monoisotopic (exact) mass is 363 g/mol. The molecule has 0 aromatic heterocycles. The van der Waals surface area contributed by atoms with E-state index in [0.717, 1.165) is 44.8 Å². The van der Waals surface area contributed by atoms with Gasteiger partial charge in [-0.15, -0.1) is 0 Å². The van der Waals surface area contributed by atoms with E-state index in [9.17, 15) is 9.59 Å². The standard InChI is InChI=1S/C19H29N3O4/c1-15(2)26-17-7-4-3-6-16(17)14-21-19(24)18(23)20-8-5-9-22-10-12-25-13-11-22/h3-4,6-7,15H,5,8-14H2,1-2H3,(H,20,23)(H,21,24). The van der Waals surface area contributed by atoms with Gasteiger partial charge in [0.25, 0.3) is 0 Å². The summed E-state index contributed by atoms with van der Waals surface area (Å²) in [5.74, 6) is -0.515. The maximum Gasteiger partial charge on any atom is 0.309 e. The number of morpholine rings is 1. The molecule has 0 atom stereocenters. The lowest BCUT2D eigenvalue weighted by molar-refractivity contribution is -0.139. The number of hydrogen-bond donors (Lipinski definition) is 2. The van der Waals surface area contributed by atoms with E-state index in [1.54, 1.807) is 0 Å². The Kier molecular flexibility index (Phi) is 8.37. The summed E-state index contributed by atoms with van der Waals surface area (Å²) in [5, 5.41) is 5.31. The van der Waals surface area contributed by atoms with Gasteiger partial charge in [-0.3, -0.25) is 14.5 Å².